The van der Waals surface area contributed by atoms with Gasteiger partial charge in [-0.3, -0.25) is 28.8 Å². The Morgan fingerprint density at radius 1 is 0.386 bits per heavy atom. The lowest BCUT2D eigenvalue weighted by Crippen LogP contribution is -2.20. The van der Waals surface area contributed by atoms with Crippen LogP contribution in [-0.4, -0.2) is 70.5 Å². The molecule has 12 aliphatic rings. The second-order valence-electron chi connectivity index (χ2n) is 34.2. The van der Waals surface area contributed by atoms with E-state index in [-0.39, 0.29) is 59.1 Å². The van der Waals surface area contributed by atoms with Gasteiger partial charge in [0, 0.05) is 118 Å². The third-order valence-corrected chi connectivity index (χ3v) is 29.8. The van der Waals surface area contributed by atoms with E-state index < -0.39 is 5.97 Å². The molecule has 10 heterocycles. The first-order valence-electron chi connectivity index (χ1n) is 42.9. The summed E-state index contributed by atoms with van der Waals surface area (Å²) in [5.41, 5.74) is 23.4. The van der Waals surface area contributed by atoms with Gasteiger partial charge in [-0.05, 0) is 253 Å². The highest BCUT2D eigenvalue weighted by molar-refractivity contribution is 7.80. The Kier molecular flexibility index (Phi) is 20.4. The van der Waals surface area contributed by atoms with Crippen LogP contribution in [-0.2, 0) is 80.1 Å². The monoisotopic (exact) mass is 1750 g/mol. The highest BCUT2D eigenvalue weighted by Crippen LogP contribution is 2.70. The van der Waals surface area contributed by atoms with Crippen LogP contribution >= 0.6 is 47.9 Å². The highest BCUT2D eigenvalue weighted by atomic mass is 32.1. The summed E-state index contributed by atoms with van der Waals surface area (Å²) < 4.78 is 27.4. The number of hydrogen-bond donors (Lipinski definition) is 9. The van der Waals surface area contributed by atoms with Gasteiger partial charge in [0.2, 0.25) is 29.5 Å². The van der Waals surface area contributed by atoms with Crippen LogP contribution in [0.2, 0.25) is 0 Å². The molecule has 5 amide bonds. The average Bonchev–Trinajstić information content (AvgIpc) is 1.55. The van der Waals surface area contributed by atoms with Crippen LogP contribution in [0.5, 0.6) is 46.0 Å². The van der Waals surface area contributed by atoms with Crippen LogP contribution in [0.4, 0.5) is 34.6 Å². The zero-order chi connectivity index (χ0) is 86.0. The molecule has 6 aromatic heterocycles. The SMILES string of the molecule is Nc1ccccc1S.O=C1CCc2c(Oc3ccc4c(c3)C3C(C4)C3C(=O)Nc3ccccc3S)ccnc2N1.O=C1CCc2c(Oc3ccc4c(c3)C3C(C4)C3C(=O)O)ccnc2N1.O=C1CCc2c(Oc3ccc4c(c3)C3C(C4)C3c3nc4ccccc4s3)ccnc2N1.O=C1CCc2c(Oc3ccc4c(c3)C3C(C4)C3c3nc4ccccc4s3)ccnc2N1. The van der Waals surface area contributed by atoms with E-state index in [0.29, 0.717) is 133 Å². The number of para-hydroxylation sites is 4. The molecule has 8 aromatic carbocycles. The largest absolute Gasteiger partial charge is 0.481 e. The summed E-state index contributed by atoms with van der Waals surface area (Å²) in [6.45, 7) is 0. The summed E-state index contributed by atoms with van der Waals surface area (Å²) in [4.78, 5) is 99.2. The quantitative estimate of drug-likeness (QED) is 0.0382. The number of anilines is 6. The molecule has 0 radical (unpaired) electrons. The number of carbonyl (C=O) groups excluding carboxylic acids is 5. The Balaban J connectivity index is 0.0000000973. The first-order chi connectivity index (χ1) is 62.0. The molecule has 12 unspecified atom stereocenters. The van der Waals surface area contributed by atoms with Gasteiger partial charge in [-0.25, -0.2) is 29.9 Å². The van der Waals surface area contributed by atoms with Crippen molar-refractivity contribution in [1.82, 2.24) is 29.9 Å². The smallest absolute Gasteiger partial charge is 0.307 e. The number of aliphatic carboxylic acids is 1. The van der Waals surface area contributed by atoms with Gasteiger partial charge in [0.05, 0.1) is 42.1 Å². The summed E-state index contributed by atoms with van der Waals surface area (Å²) in [6.07, 6.45) is 14.9. The van der Waals surface area contributed by atoms with Gasteiger partial charge in [0.1, 0.15) is 69.3 Å². The van der Waals surface area contributed by atoms with E-state index in [1.54, 1.807) is 30.9 Å². The molecular formula is C100H82N12O11S4. The van der Waals surface area contributed by atoms with Gasteiger partial charge < -0.3 is 56.4 Å². The second kappa shape index (κ2) is 32.6. The number of thiazole rings is 2. The standard InChI is InChI=1S/C25H21N3O3S.2C25H19N3O2S.C19H16N2O4.C6H7NS/c29-21-8-7-15-19(9-10-26-24(15)28-21)31-14-6-5-13-11-17-22(16(13)12-14)23(17)25(30)27-18-3-1-2-4-20(18)32;2*29-21-8-7-15-19(9-10-26-24(15)28-21)30-14-6-5-13-11-17-22(16(13)12-14)23(17)25-27-18-3-1-2-4-20(18)31-25;22-15-4-3-11-14(5-6-20-18(11)21-15)25-10-2-1-9-7-13-16(12(9)8-10)17(13)19(23)24;7-5-3-1-2-4-6(5)8/h1-6,9-10,12,17,22-23,32H,7-8,11H2,(H,27,30)(H,26,28,29);2*1-6,9-10,12,17,22-23H,7-8,11H2,(H,26,28,29);1-2,5-6,8,13,16-17H,3-4,7H2,(H,23,24)(H,20,21,22);1-4,8H,7H2. The molecule has 127 heavy (non-hydrogen) atoms. The number of fused-ring (bicyclic) bond motifs is 18. The topological polar surface area (TPSA) is 323 Å². The number of pyridine rings is 4. The highest BCUT2D eigenvalue weighted by Gasteiger charge is 2.62. The van der Waals surface area contributed by atoms with Gasteiger partial charge in [0.25, 0.3) is 0 Å². The van der Waals surface area contributed by atoms with Crippen LogP contribution in [0.15, 0.2) is 229 Å². The molecule has 0 saturated heterocycles. The van der Waals surface area contributed by atoms with Crippen molar-refractivity contribution in [2.45, 2.75) is 122 Å². The van der Waals surface area contributed by atoms with E-state index in [9.17, 15) is 33.9 Å². The van der Waals surface area contributed by atoms with E-state index in [1.165, 1.54) is 58.4 Å². The first-order valence-corrected chi connectivity index (χ1v) is 45.4. The number of carbonyl (C=O) groups is 6. The van der Waals surface area contributed by atoms with Gasteiger partial charge in [-0.2, -0.15) is 0 Å². The summed E-state index contributed by atoms with van der Waals surface area (Å²) >= 11 is 12.2. The van der Waals surface area contributed by atoms with Crippen LogP contribution in [0.3, 0.4) is 0 Å². The number of rotatable bonds is 13. The Morgan fingerprint density at radius 2 is 0.724 bits per heavy atom. The van der Waals surface area contributed by atoms with Gasteiger partial charge in [-0.15, -0.1) is 47.9 Å². The maximum atomic E-state index is 12.9. The molecule has 8 aliphatic carbocycles. The summed E-state index contributed by atoms with van der Waals surface area (Å²) in [7, 11) is 0. The normalized spacial score (nSPS) is 22.5. The zero-order valence-electron chi connectivity index (χ0n) is 68.2. The van der Waals surface area contributed by atoms with E-state index in [1.807, 2.05) is 114 Å². The minimum atomic E-state index is -0.703. The van der Waals surface area contributed by atoms with Crippen molar-refractivity contribution in [2.75, 3.05) is 32.3 Å². The minimum Gasteiger partial charge on any atom is -0.481 e. The number of nitrogen functional groups attached to an aromatic ring is 1. The number of carboxylic acid groups (broad SMARTS) is 1. The molecule has 12 atom stereocenters. The van der Waals surface area contributed by atoms with Crippen LogP contribution < -0.4 is 51.3 Å². The van der Waals surface area contributed by atoms with Gasteiger partial charge >= 0.3 is 5.97 Å². The zero-order valence-corrected chi connectivity index (χ0v) is 71.6. The Hall–Kier alpha value is -13.3. The lowest BCUT2D eigenvalue weighted by Gasteiger charge is -2.19. The predicted molar refractivity (Wildman–Crippen MR) is 490 cm³/mol. The Morgan fingerprint density at radius 3 is 1.09 bits per heavy atom. The summed E-state index contributed by atoms with van der Waals surface area (Å²) in [5, 5.41) is 26.1. The number of aromatic nitrogens is 6. The van der Waals surface area contributed by atoms with Crippen molar-refractivity contribution in [3.05, 3.63) is 296 Å². The fraction of sp³-hybridized carbons (Fsp3) is 0.240. The number of nitrogens with two attached hydrogens (primary N) is 1. The number of amides is 5. The average molecular weight is 1760 g/mol. The third kappa shape index (κ3) is 15.5. The van der Waals surface area contributed by atoms with Crippen LogP contribution in [0.1, 0.15) is 138 Å². The van der Waals surface area contributed by atoms with E-state index >= 15 is 0 Å². The maximum Gasteiger partial charge on any atom is 0.307 e. The predicted octanol–water partition coefficient (Wildman–Crippen LogP) is 19.7. The lowest BCUT2D eigenvalue weighted by molar-refractivity contribution is -0.139. The van der Waals surface area contributed by atoms with Crippen molar-refractivity contribution in [2.24, 2.45) is 35.5 Å². The minimum absolute atomic E-state index is 0.00958. The van der Waals surface area contributed by atoms with Crippen molar-refractivity contribution >= 4 is 139 Å². The molecule has 4 saturated carbocycles. The molecule has 27 heteroatoms. The summed E-state index contributed by atoms with van der Waals surface area (Å²) in [6, 6.07) is 64.2. The van der Waals surface area contributed by atoms with Crippen LogP contribution in [0, 0.1) is 35.5 Å². The van der Waals surface area contributed by atoms with Crippen molar-refractivity contribution in [3.8, 4) is 46.0 Å². The Bertz CT molecular complexity index is 6620. The van der Waals surface area contributed by atoms with Crippen LogP contribution in [0.25, 0.3) is 20.4 Å². The number of nitrogens with one attached hydrogen (secondary N) is 5. The Labute approximate surface area is 748 Å². The molecule has 23 nitrogen and oxygen atoms in total. The third-order valence-electron chi connectivity index (χ3n) is 26.7. The van der Waals surface area contributed by atoms with Crippen molar-refractivity contribution < 1.29 is 52.8 Å². The number of benzene rings is 8. The molecule has 4 fully saturated rings. The molecule has 4 aliphatic heterocycles. The second-order valence-corrected chi connectivity index (χ2v) is 37.3. The molecule has 632 valence electrons. The molecule has 0 spiro atoms. The molecular weight excluding hydrogens is 1670 g/mol. The van der Waals surface area contributed by atoms with E-state index in [0.717, 1.165) is 114 Å². The van der Waals surface area contributed by atoms with Crippen molar-refractivity contribution in [3.63, 3.8) is 0 Å². The maximum absolute atomic E-state index is 12.9. The lowest BCUT2D eigenvalue weighted by atomic mass is 10.0. The van der Waals surface area contributed by atoms with Gasteiger partial charge in [-0.1, -0.05) is 72.8 Å². The summed E-state index contributed by atoms with van der Waals surface area (Å²) in [5.74, 6) is 11.9. The number of carboxylic acids is 1. The van der Waals surface area contributed by atoms with E-state index in [2.05, 4.69) is 169 Å². The fourth-order valence-corrected chi connectivity index (χ4v) is 23.1. The number of nitrogens with zero attached hydrogens (tertiary/aromatic N) is 6. The van der Waals surface area contributed by atoms with Crippen molar-refractivity contribution in [1.29, 1.82) is 0 Å². The molecule has 8 N–H and O–H groups in total. The van der Waals surface area contributed by atoms with Gasteiger partial charge in [0.15, 0.2) is 0 Å². The fourth-order valence-electron chi connectivity index (χ4n) is 20.4. The number of ether oxygens (including phenoxy) is 4. The number of thiol groups is 2. The molecule has 26 rings (SSSR count). The number of hydrogen-bond acceptors (Lipinski definition) is 21. The molecule has 0 bridgehead atoms. The first kappa shape index (κ1) is 79.6. The van der Waals surface area contributed by atoms with E-state index in [4.69, 9.17) is 34.6 Å². The molecule has 14 aromatic rings.